The number of nitrogens with two attached hydrogens (primary N) is 1. The minimum Gasteiger partial charge on any atom is -0.367 e. The Labute approximate surface area is 167 Å². The van der Waals surface area contributed by atoms with Crippen molar-refractivity contribution in [3.05, 3.63) is 42.5 Å². The summed E-state index contributed by atoms with van der Waals surface area (Å²) >= 11 is 0. The summed E-state index contributed by atoms with van der Waals surface area (Å²) in [5, 5.41) is 14.1. The first kappa shape index (κ1) is 18.9. The van der Waals surface area contributed by atoms with Crippen molar-refractivity contribution in [2.45, 2.75) is 32.9 Å². The maximum absolute atomic E-state index is 12.8. The highest BCUT2D eigenvalue weighted by atomic mass is 16.2. The first-order valence-corrected chi connectivity index (χ1v) is 9.49. The van der Waals surface area contributed by atoms with Crippen LogP contribution in [0.25, 0.3) is 5.52 Å². The summed E-state index contributed by atoms with van der Waals surface area (Å²) in [5.41, 5.74) is 6.70. The molecule has 0 aliphatic heterocycles. The average Bonchev–Trinajstić information content (AvgIpc) is 3.32. The lowest BCUT2D eigenvalue weighted by Crippen LogP contribution is -2.60. The second-order valence-electron chi connectivity index (χ2n) is 7.97. The molecule has 10 nitrogen and oxygen atoms in total. The third kappa shape index (κ3) is 3.65. The number of carbonyl (C=O) groups excluding carboxylic acids is 2. The van der Waals surface area contributed by atoms with Crippen LogP contribution in [-0.2, 0) is 11.3 Å². The first-order valence-electron chi connectivity index (χ1n) is 9.49. The highest BCUT2D eigenvalue weighted by molar-refractivity contribution is 6.00. The van der Waals surface area contributed by atoms with Gasteiger partial charge >= 0.3 is 0 Å². The van der Waals surface area contributed by atoms with Crippen molar-refractivity contribution >= 4 is 23.3 Å². The number of fused-ring (bicyclic) bond motifs is 1. The topological polar surface area (TPSA) is 132 Å². The fourth-order valence-corrected chi connectivity index (χ4v) is 3.81. The predicted molar refractivity (Wildman–Crippen MR) is 106 cm³/mol. The van der Waals surface area contributed by atoms with Gasteiger partial charge in [0.05, 0.1) is 17.3 Å². The quantitative estimate of drug-likeness (QED) is 0.555. The lowest BCUT2D eigenvalue weighted by Gasteiger charge is -2.52. The molecule has 0 aromatic carbocycles. The van der Waals surface area contributed by atoms with Crippen molar-refractivity contribution in [3.63, 3.8) is 0 Å². The van der Waals surface area contributed by atoms with Gasteiger partial charge < -0.3 is 16.4 Å². The van der Waals surface area contributed by atoms with Gasteiger partial charge in [-0.2, -0.15) is 5.10 Å². The number of aromatic nitrogens is 5. The molecule has 4 rings (SSSR count). The Morgan fingerprint density at radius 1 is 1.34 bits per heavy atom. The summed E-state index contributed by atoms with van der Waals surface area (Å²) < 4.78 is 3.08. The Morgan fingerprint density at radius 3 is 2.90 bits per heavy atom. The number of anilines is 1. The molecule has 2 atom stereocenters. The van der Waals surface area contributed by atoms with Crippen LogP contribution in [0.3, 0.4) is 0 Å². The van der Waals surface area contributed by atoms with E-state index in [0.29, 0.717) is 12.1 Å². The molecule has 0 saturated heterocycles. The minimum absolute atomic E-state index is 0.0372. The molecule has 10 heteroatoms. The van der Waals surface area contributed by atoms with Crippen LogP contribution in [-0.4, -0.2) is 48.8 Å². The van der Waals surface area contributed by atoms with Crippen LogP contribution in [0.4, 0.5) is 5.95 Å². The van der Waals surface area contributed by atoms with E-state index in [-0.39, 0.29) is 41.7 Å². The summed E-state index contributed by atoms with van der Waals surface area (Å²) in [6, 6.07) is 5.46. The molecule has 2 amide bonds. The second kappa shape index (κ2) is 7.19. The molecule has 29 heavy (non-hydrogen) atoms. The highest BCUT2D eigenvalue weighted by Gasteiger charge is 2.48. The van der Waals surface area contributed by atoms with Crippen LogP contribution >= 0.6 is 0 Å². The minimum atomic E-state index is -0.148. The summed E-state index contributed by atoms with van der Waals surface area (Å²) in [7, 11) is 0. The van der Waals surface area contributed by atoms with E-state index in [1.165, 1.54) is 11.0 Å². The molecule has 2 unspecified atom stereocenters. The summed E-state index contributed by atoms with van der Waals surface area (Å²) in [6.45, 7) is 4.83. The predicted octanol–water partition coefficient (Wildman–Crippen LogP) is 0.469. The number of nitrogens with one attached hydrogen (secondary N) is 2. The van der Waals surface area contributed by atoms with E-state index in [0.717, 1.165) is 11.9 Å². The zero-order valence-electron chi connectivity index (χ0n) is 16.4. The second-order valence-corrected chi connectivity index (χ2v) is 7.97. The van der Waals surface area contributed by atoms with Crippen molar-refractivity contribution in [1.82, 2.24) is 35.0 Å². The smallest absolute Gasteiger partial charge is 0.253 e. The number of nitrogens with zero attached hydrogens (tertiary/aromatic N) is 5. The summed E-state index contributed by atoms with van der Waals surface area (Å²) in [5.74, 6) is 0.150. The first-order chi connectivity index (χ1) is 13.8. The average molecular weight is 396 g/mol. The van der Waals surface area contributed by atoms with Gasteiger partial charge in [0.15, 0.2) is 0 Å². The van der Waals surface area contributed by atoms with Crippen molar-refractivity contribution in [2.24, 2.45) is 11.3 Å². The van der Waals surface area contributed by atoms with Crippen LogP contribution in [0.5, 0.6) is 0 Å². The van der Waals surface area contributed by atoms with Crippen molar-refractivity contribution < 1.29 is 9.59 Å². The molecule has 3 aromatic rings. The van der Waals surface area contributed by atoms with Gasteiger partial charge in [-0.1, -0.05) is 13.8 Å². The van der Waals surface area contributed by atoms with Crippen molar-refractivity contribution in [2.75, 3.05) is 12.3 Å². The molecule has 3 aromatic heterocycles. The Hall–Kier alpha value is -3.43. The maximum atomic E-state index is 12.8. The normalized spacial score (nSPS) is 20.2. The molecule has 0 spiro atoms. The van der Waals surface area contributed by atoms with Gasteiger partial charge in [-0.05, 0) is 36.0 Å². The number of hydrogen-bond donors (Lipinski definition) is 3. The number of amides is 2. The van der Waals surface area contributed by atoms with Gasteiger partial charge in [0.1, 0.15) is 12.9 Å². The van der Waals surface area contributed by atoms with Gasteiger partial charge in [0.2, 0.25) is 11.9 Å². The zero-order chi connectivity index (χ0) is 20.6. The fraction of sp³-hybridized carbons (Fsp3) is 0.421. The van der Waals surface area contributed by atoms with Crippen LogP contribution in [0.2, 0.25) is 0 Å². The van der Waals surface area contributed by atoms with E-state index in [1.807, 2.05) is 18.3 Å². The molecule has 4 N–H and O–H groups in total. The van der Waals surface area contributed by atoms with E-state index in [2.05, 4.69) is 39.7 Å². The largest absolute Gasteiger partial charge is 0.367 e. The van der Waals surface area contributed by atoms with Gasteiger partial charge in [0, 0.05) is 18.8 Å². The van der Waals surface area contributed by atoms with E-state index in [1.54, 1.807) is 16.8 Å². The molecular weight excluding hydrogens is 372 g/mol. The van der Waals surface area contributed by atoms with E-state index in [9.17, 15) is 9.59 Å². The maximum Gasteiger partial charge on any atom is 0.253 e. The molecule has 0 bridgehead atoms. The van der Waals surface area contributed by atoms with Crippen LogP contribution in [0.1, 0.15) is 30.6 Å². The molecule has 3 heterocycles. The van der Waals surface area contributed by atoms with Crippen molar-refractivity contribution in [3.8, 4) is 0 Å². The lowest BCUT2D eigenvalue weighted by atomic mass is 9.58. The SMILES string of the molecule is CC1(C)C(CNC(=O)Cn2cnc(N)n2)CC1NC(=O)c1cccn2nccc12. The fourth-order valence-electron chi connectivity index (χ4n) is 3.81. The third-order valence-corrected chi connectivity index (χ3v) is 5.86. The molecule has 1 fully saturated rings. The van der Waals surface area contributed by atoms with Gasteiger partial charge in [0.25, 0.3) is 5.91 Å². The van der Waals surface area contributed by atoms with Crippen LogP contribution < -0.4 is 16.4 Å². The Morgan fingerprint density at radius 2 is 2.17 bits per heavy atom. The molecule has 0 radical (unpaired) electrons. The number of pyridine rings is 1. The third-order valence-electron chi connectivity index (χ3n) is 5.86. The summed E-state index contributed by atoms with van der Waals surface area (Å²) in [6.07, 6.45) is 5.71. The van der Waals surface area contributed by atoms with E-state index >= 15 is 0 Å². The molecule has 1 aliphatic rings. The standard InChI is InChI=1S/C19H24N8O2/c1-19(2)12(9-21-16(28)10-26-11-22-18(20)25-26)8-15(19)24-17(29)13-4-3-7-27-14(13)5-6-23-27/h3-7,11-12,15H,8-10H2,1-2H3,(H2,20,25)(H,21,28)(H,24,29). The van der Waals surface area contributed by atoms with Crippen LogP contribution in [0, 0.1) is 11.3 Å². The van der Waals surface area contributed by atoms with Gasteiger partial charge in [-0.15, -0.1) is 5.10 Å². The van der Waals surface area contributed by atoms with Crippen LogP contribution in [0.15, 0.2) is 36.9 Å². The Balaban J connectivity index is 1.31. The lowest BCUT2D eigenvalue weighted by molar-refractivity contribution is -0.122. The Bertz CT molecular complexity index is 1050. The number of nitrogen functional groups attached to an aromatic ring is 1. The summed E-state index contributed by atoms with van der Waals surface area (Å²) in [4.78, 5) is 28.7. The highest BCUT2D eigenvalue weighted by Crippen LogP contribution is 2.45. The monoisotopic (exact) mass is 396 g/mol. The molecule has 1 saturated carbocycles. The number of carbonyl (C=O) groups is 2. The number of hydrogen-bond acceptors (Lipinski definition) is 6. The van der Waals surface area contributed by atoms with E-state index in [4.69, 9.17) is 5.73 Å². The molecule has 1 aliphatic carbocycles. The van der Waals surface area contributed by atoms with E-state index < -0.39 is 0 Å². The van der Waals surface area contributed by atoms with Crippen molar-refractivity contribution in [1.29, 1.82) is 0 Å². The zero-order valence-corrected chi connectivity index (χ0v) is 16.4. The number of rotatable bonds is 6. The van der Waals surface area contributed by atoms with Gasteiger partial charge in [-0.25, -0.2) is 14.2 Å². The Kier molecular flexibility index (Phi) is 4.69. The molecular formula is C19H24N8O2. The molecule has 152 valence electrons. The van der Waals surface area contributed by atoms with Gasteiger partial charge in [-0.3, -0.25) is 9.59 Å².